The molecule has 0 saturated carbocycles. The summed E-state index contributed by atoms with van der Waals surface area (Å²) in [4.78, 5) is 16.0. The van der Waals surface area contributed by atoms with E-state index in [2.05, 4.69) is 4.98 Å². The van der Waals surface area contributed by atoms with Gasteiger partial charge in [0.2, 0.25) is 0 Å². The van der Waals surface area contributed by atoms with Crippen LogP contribution in [0.4, 0.5) is 5.82 Å². The molecule has 3 rings (SSSR count). The molecule has 0 radical (unpaired) electrons. The van der Waals surface area contributed by atoms with E-state index in [4.69, 9.17) is 15.2 Å². The van der Waals surface area contributed by atoms with Crippen molar-refractivity contribution in [3.05, 3.63) is 22.7 Å². The van der Waals surface area contributed by atoms with Crippen LogP contribution in [0.2, 0.25) is 0 Å². The lowest BCUT2D eigenvalue weighted by molar-refractivity contribution is -0.267. The van der Waals surface area contributed by atoms with Gasteiger partial charge in [-0.3, -0.25) is 4.57 Å². The van der Waals surface area contributed by atoms with E-state index < -0.39 is 79.9 Å². The van der Waals surface area contributed by atoms with Crippen molar-refractivity contribution in [2.24, 2.45) is 5.92 Å². The van der Waals surface area contributed by atoms with E-state index in [0.717, 1.165) is 10.8 Å². The summed E-state index contributed by atoms with van der Waals surface area (Å²) in [5.74, 6) is -1.53. The monoisotopic (exact) mass is 419 g/mol. The molecule has 2 saturated heterocycles. The smallest absolute Gasteiger partial charge is 0.351 e. The second-order valence-electron chi connectivity index (χ2n) is 7.16. The Labute approximate surface area is 164 Å². The number of aromatic nitrogens is 2. The predicted molar refractivity (Wildman–Crippen MR) is 93.2 cm³/mol. The molecule has 0 spiro atoms. The molecule has 13 heteroatoms. The van der Waals surface area contributed by atoms with E-state index in [1.165, 1.54) is 6.07 Å². The zero-order valence-electron chi connectivity index (χ0n) is 15.2. The number of nitrogen functional groups attached to an aromatic ring is 1. The third-order valence-corrected chi connectivity index (χ3v) is 5.55. The van der Waals surface area contributed by atoms with Gasteiger partial charge in [-0.15, -0.1) is 0 Å². The van der Waals surface area contributed by atoms with Gasteiger partial charge in [-0.2, -0.15) is 4.98 Å². The molecular weight excluding hydrogens is 394 g/mol. The van der Waals surface area contributed by atoms with Crippen LogP contribution in [-0.4, -0.2) is 108 Å². The van der Waals surface area contributed by atoms with Gasteiger partial charge < -0.3 is 51.0 Å². The summed E-state index contributed by atoms with van der Waals surface area (Å²) in [7, 11) is 0. The van der Waals surface area contributed by atoms with Crippen LogP contribution in [0.1, 0.15) is 0 Å². The molecule has 9 atom stereocenters. The Bertz CT molecular complexity index is 776. The lowest BCUT2D eigenvalue weighted by Crippen LogP contribution is -2.65. The third kappa shape index (κ3) is 3.43. The molecule has 13 nitrogen and oxygen atoms in total. The highest BCUT2D eigenvalue weighted by molar-refractivity contribution is 5.24. The van der Waals surface area contributed by atoms with Crippen molar-refractivity contribution in [3.8, 4) is 0 Å². The van der Waals surface area contributed by atoms with Gasteiger partial charge in [0.25, 0.3) is 0 Å². The van der Waals surface area contributed by atoms with Crippen LogP contribution in [0, 0.1) is 5.92 Å². The van der Waals surface area contributed by atoms with E-state index in [-0.39, 0.29) is 5.82 Å². The topological polar surface area (TPSA) is 221 Å². The van der Waals surface area contributed by atoms with Gasteiger partial charge >= 0.3 is 5.69 Å². The van der Waals surface area contributed by atoms with Crippen molar-refractivity contribution in [1.82, 2.24) is 9.55 Å². The van der Waals surface area contributed by atoms with Crippen LogP contribution in [0.25, 0.3) is 0 Å². The number of anilines is 1. The van der Waals surface area contributed by atoms with Crippen LogP contribution >= 0.6 is 0 Å². The van der Waals surface area contributed by atoms with Crippen LogP contribution in [0.5, 0.6) is 0 Å². The lowest BCUT2D eigenvalue weighted by atomic mass is 9.79. The highest BCUT2D eigenvalue weighted by atomic mass is 16.6. The number of ether oxygens (including phenoxy) is 2. The Hall–Kier alpha value is -1.68. The van der Waals surface area contributed by atoms with Crippen molar-refractivity contribution in [1.29, 1.82) is 0 Å². The first kappa shape index (κ1) is 22.0. The van der Waals surface area contributed by atoms with Gasteiger partial charge in [-0.1, -0.05) is 0 Å². The number of nitrogens with zero attached hydrogens (tertiary/aromatic N) is 2. The SMILES string of the molecule is Nc1ccn([C@]2(CO)O[C@H](CO)[C@@H](O)[C@H]2C2O[C@H](CO)[C@@H](O)[C@H](O)[C@H]2O)c(=O)n1. The van der Waals surface area contributed by atoms with E-state index >= 15 is 0 Å². The van der Waals surface area contributed by atoms with Gasteiger partial charge in [0.05, 0.1) is 37.9 Å². The maximum absolute atomic E-state index is 12.4. The lowest BCUT2D eigenvalue weighted by Gasteiger charge is -2.46. The molecule has 29 heavy (non-hydrogen) atoms. The quantitative estimate of drug-likeness (QED) is 0.224. The first-order valence-electron chi connectivity index (χ1n) is 8.95. The standard InChI is InChI=1S/C16H25N3O10/c17-8-1-2-19(15(27)18-8)16(5-22)9(10(23)7(4-21)29-16)14-13(26)12(25)11(24)6(3-20)28-14/h1-2,6-7,9-14,20-26H,3-5H2,(H2,17,18,27)/t6-,7-,9+,10-,11-,12+,13-,14?,16-/m1/s1. The zero-order chi connectivity index (χ0) is 21.5. The highest BCUT2D eigenvalue weighted by Crippen LogP contribution is 2.45. The van der Waals surface area contributed by atoms with Gasteiger partial charge in [-0.05, 0) is 6.07 Å². The number of aliphatic hydroxyl groups is 7. The molecule has 0 aliphatic carbocycles. The molecule has 1 aromatic heterocycles. The summed E-state index contributed by atoms with van der Waals surface area (Å²) in [6.07, 6.45) is -9.69. The average Bonchev–Trinajstić information content (AvgIpc) is 2.99. The fourth-order valence-corrected chi connectivity index (χ4v) is 4.07. The maximum atomic E-state index is 12.4. The molecule has 2 aliphatic rings. The average molecular weight is 419 g/mol. The summed E-state index contributed by atoms with van der Waals surface area (Å²) < 4.78 is 12.0. The molecule has 9 N–H and O–H groups in total. The molecule has 2 fully saturated rings. The van der Waals surface area contributed by atoms with Gasteiger partial charge in [-0.25, -0.2) is 4.79 Å². The summed E-state index contributed by atoms with van der Waals surface area (Å²) in [5, 5.41) is 70.6. The number of hydrogen-bond donors (Lipinski definition) is 8. The fraction of sp³-hybridized carbons (Fsp3) is 0.750. The zero-order valence-corrected chi connectivity index (χ0v) is 15.2. The molecule has 2 aliphatic heterocycles. The molecule has 0 amide bonds. The Morgan fingerprint density at radius 2 is 1.69 bits per heavy atom. The highest BCUT2D eigenvalue weighted by Gasteiger charge is 2.63. The molecule has 1 aromatic rings. The summed E-state index contributed by atoms with van der Waals surface area (Å²) in [6.45, 7) is -2.33. The third-order valence-electron chi connectivity index (χ3n) is 5.55. The second kappa shape index (κ2) is 8.22. The minimum Gasteiger partial charge on any atom is -0.394 e. The number of aliphatic hydroxyl groups excluding tert-OH is 7. The van der Waals surface area contributed by atoms with Crippen molar-refractivity contribution in [3.63, 3.8) is 0 Å². The van der Waals surface area contributed by atoms with Crippen LogP contribution in [0.3, 0.4) is 0 Å². The minimum absolute atomic E-state index is 0.110. The van der Waals surface area contributed by atoms with Crippen molar-refractivity contribution < 1.29 is 45.2 Å². The molecular formula is C16H25N3O10. The summed E-state index contributed by atoms with van der Waals surface area (Å²) >= 11 is 0. The normalized spacial score (nSPS) is 42.9. The molecule has 0 aromatic carbocycles. The molecule has 3 heterocycles. The van der Waals surface area contributed by atoms with Gasteiger partial charge in [0, 0.05) is 6.20 Å². The largest absolute Gasteiger partial charge is 0.394 e. The molecule has 1 unspecified atom stereocenters. The number of rotatable bonds is 5. The number of nitrogens with two attached hydrogens (primary N) is 1. The number of hydrogen-bond acceptors (Lipinski definition) is 12. The Morgan fingerprint density at radius 3 is 2.24 bits per heavy atom. The Morgan fingerprint density at radius 1 is 1.03 bits per heavy atom. The predicted octanol–water partition coefficient (Wildman–Crippen LogP) is -5.32. The second-order valence-corrected chi connectivity index (χ2v) is 7.16. The summed E-state index contributed by atoms with van der Waals surface area (Å²) in [5.41, 5.74) is 2.49. The van der Waals surface area contributed by atoms with Crippen LogP contribution in [0.15, 0.2) is 17.1 Å². The molecule has 0 bridgehead atoms. The Kier molecular flexibility index (Phi) is 6.24. The Balaban J connectivity index is 2.13. The van der Waals surface area contributed by atoms with Crippen LogP contribution in [-0.2, 0) is 15.2 Å². The van der Waals surface area contributed by atoms with Crippen molar-refractivity contribution >= 4 is 5.82 Å². The minimum atomic E-state index is -2.06. The first-order chi connectivity index (χ1) is 13.7. The first-order valence-corrected chi connectivity index (χ1v) is 8.95. The van der Waals surface area contributed by atoms with Crippen molar-refractivity contribution in [2.45, 2.75) is 48.5 Å². The van der Waals surface area contributed by atoms with E-state index in [0.29, 0.717) is 0 Å². The van der Waals surface area contributed by atoms with Crippen molar-refractivity contribution in [2.75, 3.05) is 25.6 Å². The summed E-state index contributed by atoms with van der Waals surface area (Å²) in [6, 6.07) is 1.24. The maximum Gasteiger partial charge on any atom is 0.351 e. The van der Waals surface area contributed by atoms with Gasteiger partial charge in [0.1, 0.15) is 36.3 Å². The van der Waals surface area contributed by atoms with E-state index in [1.807, 2.05) is 0 Å². The molecule has 164 valence electrons. The fourth-order valence-electron chi connectivity index (χ4n) is 4.07. The van der Waals surface area contributed by atoms with Crippen LogP contribution < -0.4 is 11.4 Å². The van der Waals surface area contributed by atoms with E-state index in [1.54, 1.807) is 0 Å². The van der Waals surface area contributed by atoms with Gasteiger partial charge in [0.15, 0.2) is 5.72 Å². The van der Waals surface area contributed by atoms with E-state index in [9.17, 15) is 40.5 Å².